The van der Waals surface area contributed by atoms with E-state index < -0.39 is 11.4 Å². The average Bonchev–Trinajstić information content (AvgIpc) is 2.17. The summed E-state index contributed by atoms with van der Waals surface area (Å²) in [7, 11) is 0. The maximum atomic E-state index is 10.8. The Bertz CT molecular complexity index is 441. The van der Waals surface area contributed by atoms with Crippen molar-refractivity contribution in [1.29, 1.82) is 5.26 Å². The van der Waals surface area contributed by atoms with Gasteiger partial charge in [0.05, 0.1) is 17.0 Å². The second kappa shape index (κ2) is 3.39. The predicted octanol–water partition coefficient (Wildman–Crippen LogP) is 2.33. The number of aromatic carboxylic acids is 1. The summed E-state index contributed by atoms with van der Waals surface area (Å²) in [6.45, 7) is 0. The van der Waals surface area contributed by atoms with Crippen LogP contribution >= 0.6 is 0 Å². The minimum absolute atomic E-state index is 0.258. The maximum absolute atomic E-state index is 10.8. The average molecular weight is 201 g/mol. The second-order valence-corrected chi connectivity index (χ2v) is 3.93. The van der Waals surface area contributed by atoms with Crippen LogP contribution in [0.4, 0.5) is 0 Å². The van der Waals surface area contributed by atoms with Crippen molar-refractivity contribution >= 4 is 5.97 Å². The van der Waals surface area contributed by atoms with Crippen LogP contribution in [0.5, 0.6) is 0 Å². The lowest BCUT2D eigenvalue weighted by molar-refractivity contribution is 0.0696. The third-order valence-corrected chi connectivity index (χ3v) is 3.08. The van der Waals surface area contributed by atoms with Gasteiger partial charge in [0, 0.05) is 0 Å². The molecule has 0 aromatic heterocycles. The summed E-state index contributed by atoms with van der Waals surface area (Å²) < 4.78 is 0. The number of benzene rings is 1. The van der Waals surface area contributed by atoms with Crippen LogP contribution in [0, 0.1) is 11.3 Å². The highest BCUT2D eigenvalue weighted by molar-refractivity contribution is 5.87. The van der Waals surface area contributed by atoms with Crippen LogP contribution in [0.25, 0.3) is 0 Å². The normalized spacial score (nSPS) is 17.5. The quantitative estimate of drug-likeness (QED) is 0.798. The van der Waals surface area contributed by atoms with Crippen LogP contribution in [0.15, 0.2) is 24.3 Å². The van der Waals surface area contributed by atoms with Crippen LogP contribution in [-0.4, -0.2) is 11.1 Å². The van der Waals surface area contributed by atoms with Crippen molar-refractivity contribution in [2.24, 2.45) is 0 Å². The van der Waals surface area contributed by atoms with E-state index in [1.54, 1.807) is 18.2 Å². The first-order valence-electron chi connectivity index (χ1n) is 4.93. The molecule has 0 saturated heterocycles. The molecule has 0 bridgehead atoms. The van der Waals surface area contributed by atoms with Crippen LogP contribution in [0.3, 0.4) is 0 Å². The molecule has 2 rings (SSSR count). The van der Waals surface area contributed by atoms with Crippen LogP contribution in [0.2, 0.25) is 0 Å². The van der Waals surface area contributed by atoms with Crippen molar-refractivity contribution in [2.75, 3.05) is 0 Å². The molecular formula is C12H11NO2. The number of hydrogen-bond acceptors (Lipinski definition) is 2. The molecular weight excluding hydrogens is 190 g/mol. The van der Waals surface area contributed by atoms with Gasteiger partial charge in [-0.2, -0.15) is 5.26 Å². The lowest BCUT2D eigenvalue weighted by Gasteiger charge is -2.35. The van der Waals surface area contributed by atoms with E-state index in [4.69, 9.17) is 10.4 Å². The SMILES string of the molecule is N#CC1(c2cccc(C(=O)O)c2)CCC1. The fourth-order valence-corrected chi connectivity index (χ4v) is 1.95. The molecule has 15 heavy (non-hydrogen) atoms. The molecule has 0 atom stereocenters. The fourth-order valence-electron chi connectivity index (χ4n) is 1.95. The Hall–Kier alpha value is -1.82. The van der Waals surface area contributed by atoms with Crippen LogP contribution in [0.1, 0.15) is 35.2 Å². The van der Waals surface area contributed by atoms with Gasteiger partial charge in [0.15, 0.2) is 0 Å². The highest BCUT2D eigenvalue weighted by atomic mass is 16.4. The Morgan fingerprint density at radius 3 is 2.67 bits per heavy atom. The minimum atomic E-state index is -0.940. The summed E-state index contributed by atoms with van der Waals surface area (Å²) in [6.07, 6.45) is 2.73. The third-order valence-electron chi connectivity index (χ3n) is 3.08. The zero-order valence-corrected chi connectivity index (χ0v) is 8.23. The topological polar surface area (TPSA) is 61.1 Å². The number of carbonyl (C=O) groups is 1. The Morgan fingerprint density at radius 1 is 1.47 bits per heavy atom. The van der Waals surface area contributed by atoms with E-state index in [1.807, 2.05) is 6.07 Å². The smallest absolute Gasteiger partial charge is 0.335 e. The van der Waals surface area contributed by atoms with E-state index in [0.717, 1.165) is 24.8 Å². The van der Waals surface area contributed by atoms with Crippen molar-refractivity contribution in [3.63, 3.8) is 0 Å². The molecule has 0 heterocycles. The first kappa shape index (κ1) is 9.72. The van der Waals surface area contributed by atoms with Crippen molar-refractivity contribution < 1.29 is 9.90 Å². The van der Waals surface area contributed by atoms with Gasteiger partial charge in [0.1, 0.15) is 0 Å². The van der Waals surface area contributed by atoms with Gasteiger partial charge in [0.25, 0.3) is 0 Å². The molecule has 0 unspecified atom stereocenters. The van der Waals surface area contributed by atoms with Crippen molar-refractivity contribution in [3.05, 3.63) is 35.4 Å². The predicted molar refractivity (Wildman–Crippen MR) is 54.5 cm³/mol. The van der Waals surface area contributed by atoms with Gasteiger partial charge in [-0.05, 0) is 37.0 Å². The van der Waals surface area contributed by atoms with Crippen molar-refractivity contribution in [3.8, 4) is 6.07 Å². The summed E-state index contributed by atoms with van der Waals surface area (Å²) in [5, 5.41) is 18.0. The van der Waals surface area contributed by atoms with Gasteiger partial charge in [-0.3, -0.25) is 0 Å². The summed E-state index contributed by atoms with van der Waals surface area (Å²) in [5.41, 5.74) is 0.677. The fraction of sp³-hybridized carbons (Fsp3) is 0.333. The minimum Gasteiger partial charge on any atom is -0.478 e. The second-order valence-electron chi connectivity index (χ2n) is 3.93. The standard InChI is InChI=1S/C12H11NO2/c13-8-12(5-2-6-12)10-4-1-3-9(7-10)11(14)15/h1,3-4,7H,2,5-6H2,(H,14,15). The van der Waals surface area contributed by atoms with E-state index in [0.29, 0.717) is 0 Å². The van der Waals surface area contributed by atoms with Gasteiger partial charge in [-0.1, -0.05) is 12.1 Å². The van der Waals surface area contributed by atoms with E-state index in [-0.39, 0.29) is 5.56 Å². The van der Waals surface area contributed by atoms with Crippen molar-refractivity contribution in [1.82, 2.24) is 0 Å². The molecule has 0 radical (unpaired) electrons. The Morgan fingerprint density at radius 2 is 2.20 bits per heavy atom. The molecule has 1 saturated carbocycles. The number of rotatable bonds is 2. The number of nitriles is 1. The molecule has 1 aromatic carbocycles. The van der Waals surface area contributed by atoms with Crippen LogP contribution in [-0.2, 0) is 5.41 Å². The molecule has 1 N–H and O–H groups in total. The molecule has 3 heteroatoms. The van der Waals surface area contributed by atoms with E-state index in [2.05, 4.69) is 6.07 Å². The Balaban J connectivity index is 2.41. The number of hydrogen-bond donors (Lipinski definition) is 1. The molecule has 0 amide bonds. The number of nitrogens with zero attached hydrogens (tertiary/aromatic N) is 1. The summed E-state index contributed by atoms with van der Waals surface area (Å²) in [4.78, 5) is 10.8. The zero-order valence-electron chi connectivity index (χ0n) is 8.23. The number of carboxylic acids is 1. The summed E-state index contributed by atoms with van der Waals surface area (Å²) in [6, 6.07) is 9.02. The third kappa shape index (κ3) is 1.48. The Labute approximate surface area is 88.0 Å². The largest absolute Gasteiger partial charge is 0.478 e. The molecule has 1 aromatic rings. The molecule has 0 spiro atoms. The summed E-state index contributed by atoms with van der Waals surface area (Å²) in [5.74, 6) is -0.940. The molecule has 0 aliphatic heterocycles. The lowest BCUT2D eigenvalue weighted by Crippen LogP contribution is -2.32. The molecule has 3 nitrogen and oxygen atoms in total. The highest BCUT2D eigenvalue weighted by Gasteiger charge is 2.39. The lowest BCUT2D eigenvalue weighted by atomic mass is 9.65. The number of carboxylic acid groups (broad SMARTS) is 1. The molecule has 1 fully saturated rings. The molecule has 1 aliphatic carbocycles. The first-order chi connectivity index (χ1) is 7.18. The van der Waals surface area contributed by atoms with E-state index in [9.17, 15) is 4.79 Å². The Kier molecular flexibility index (Phi) is 2.20. The van der Waals surface area contributed by atoms with Crippen molar-refractivity contribution in [2.45, 2.75) is 24.7 Å². The maximum Gasteiger partial charge on any atom is 0.335 e. The molecule has 1 aliphatic rings. The summed E-state index contributed by atoms with van der Waals surface area (Å²) >= 11 is 0. The van der Waals surface area contributed by atoms with Gasteiger partial charge in [-0.25, -0.2) is 4.79 Å². The monoisotopic (exact) mass is 201 g/mol. The van der Waals surface area contributed by atoms with Gasteiger partial charge < -0.3 is 5.11 Å². The van der Waals surface area contributed by atoms with Gasteiger partial charge >= 0.3 is 5.97 Å². The van der Waals surface area contributed by atoms with Crippen LogP contribution < -0.4 is 0 Å². The first-order valence-corrected chi connectivity index (χ1v) is 4.93. The van der Waals surface area contributed by atoms with Gasteiger partial charge in [-0.15, -0.1) is 0 Å². The van der Waals surface area contributed by atoms with Gasteiger partial charge in [0.2, 0.25) is 0 Å². The zero-order chi connectivity index (χ0) is 10.9. The van der Waals surface area contributed by atoms with E-state index in [1.165, 1.54) is 0 Å². The highest BCUT2D eigenvalue weighted by Crippen LogP contribution is 2.43. The van der Waals surface area contributed by atoms with E-state index >= 15 is 0 Å². The molecule has 76 valence electrons.